The van der Waals surface area contributed by atoms with E-state index in [0.29, 0.717) is 19.0 Å². The molecule has 0 bridgehead atoms. The molecule has 3 atom stereocenters. The van der Waals surface area contributed by atoms with E-state index in [1.54, 1.807) is 0 Å². The maximum absolute atomic E-state index is 12.6. The molecule has 3 unspecified atom stereocenters. The van der Waals surface area contributed by atoms with Crippen molar-refractivity contribution in [3.05, 3.63) is 30.3 Å². The monoisotopic (exact) mass is 358 g/mol. The molecule has 2 aliphatic heterocycles. The number of amides is 2. The molecular weight excluding hydrogens is 328 g/mol. The first kappa shape index (κ1) is 18.9. The Labute approximate surface area is 155 Å². The van der Waals surface area contributed by atoms with Gasteiger partial charge in [-0.3, -0.25) is 19.4 Å². The zero-order valence-corrected chi connectivity index (χ0v) is 15.9. The third-order valence-electron chi connectivity index (χ3n) is 5.71. The molecule has 1 aromatic rings. The highest BCUT2D eigenvalue weighted by Gasteiger charge is 2.45. The molecule has 3 rings (SSSR count). The Morgan fingerprint density at radius 1 is 1.31 bits per heavy atom. The summed E-state index contributed by atoms with van der Waals surface area (Å²) in [6.45, 7) is 5.84. The highest BCUT2D eigenvalue weighted by Crippen LogP contribution is 2.28. The highest BCUT2D eigenvalue weighted by molar-refractivity contribution is 5.90. The standard InChI is InChI=1S/C20H30N4O2/c1-14(2)24-12-11-17-19(24)20(26)21-13-16(23(17)3)9-10-18(25)22-15-7-5-4-6-8-15/h4-8,14,16-17,19H,9-13H2,1-3H3,(H,21,26)(H,22,25). The van der Waals surface area contributed by atoms with Crippen LogP contribution in [0, 0.1) is 0 Å². The summed E-state index contributed by atoms with van der Waals surface area (Å²) in [4.78, 5) is 29.5. The van der Waals surface area contributed by atoms with E-state index in [1.165, 1.54) is 0 Å². The quantitative estimate of drug-likeness (QED) is 0.841. The van der Waals surface area contributed by atoms with Gasteiger partial charge in [-0.1, -0.05) is 18.2 Å². The molecule has 0 saturated carbocycles. The number of rotatable bonds is 5. The second kappa shape index (κ2) is 8.18. The van der Waals surface area contributed by atoms with Gasteiger partial charge in [-0.05, 0) is 45.9 Å². The fourth-order valence-corrected chi connectivity index (χ4v) is 4.22. The Balaban J connectivity index is 1.59. The summed E-state index contributed by atoms with van der Waals surface area (Å²) in [6, 6.07) is 10.2. The first-order valence-corrected chi connectivity index (χ1v) is 9.57. The average molecular weight is 358 g/mol. The number of anilines is 1. The molecule has 1 aromatic carbocycles. The second-order valence-corrected chi connectivity index (χ2v) is 7.65. The Morgan fingerprint density at radius 3 is 2.73 bits per heavy atom. The van der Waals surface area contributed by atoms with E-state index in [2.05, 4.69) is 41.3 Å². The largest absolute Gasteiger partial charge is 0.353 e. The Bertz CT molecular complexity index is 634. The molecule has 6 heteroatoms. The van der Waals surface area contributed by atoms with Crippen LogP contribution in [0.1, 0.15) is 33.1 Å². The van der Waals surface area contributed by atoms with Crippen LogP contribution in [-0.4, -0.2) is 65.9 Å². The number of benzene rings is 1. The van der Waals surface area contributed by atoms with Gasteiger partial charge in [0, 0.05) is 43.3 Å². The van der Waals surface area contributed by atoms with Crippen LogP contribution in [-0.2, 0) is 9.59 Å². The molecule has 2 fully saturated rings. The van der Waals surface area contributed by atoms with Crippen LogP contribution < -0.4 is 10.6 Å². The van der Waals surface area contributed by atoms with Gasteiger partial charge in [0.15, 0.2) is 0 Å². The van der Waals surface area contributed by atoms with Crippen LogP contribution in [0.3, 0.4) is 0 Å². The first-order valence-electron chi connectivity index (χ1n) is 9.57. The fourth-order valence-electron chi connectivity index (χ4n) is 4.22. The SMILES string of the molecule is CC(C)N1CCC2C1C(=O)NCC(CCC(=O)Nc1ccccc1)N2C. The fraction of sp³-hybridized carbons (Fsp3) is 0.600. The van der Waals surface area contributed by atoms with E-state index in [0.717, 1.165) is 25.1 Å². The first-order chi connectivity index (χ1) is 12.5. The van der Waals surface area contributed by atoms with Gasteiger partial charge in [0.1, 0.15) is 6.04 Å². The summed E-state index contributed by atoms with van der Waals surface area (Å²) < 4.78 is 0. The zero-order chi connectivity index (χ0) is 18.7. The summed E-state index contributed by atoms with van der Waals surface area (Å²) in [7, 11) is 2.10. The van der Waals surface area contributed by atoms with Crippen molar-refractivity contribution in [1.82, 2.24) is 15.1 Å². The summed E-state index contributed by atoms with van der Waals surface area (Å²) >= 11 is 0. The van der Waals surface area contributed by atoms with Crippen LogP contribution in [0.4, 0.5) is 5.69 Å². The summed E-state index contributed by atoms with van der Waals surface area (Å²) in [6.07, 6.45) is 2.19. The van der Waals surface area contributed by atoms with Crippen LogP contribution in [0.2, 0.25) is 0 Å². The van der Waals surface area contributed by atoms with Gasteiger partial charge in [-0.2, -0.15) is 0 Å². The van der Waals surface area contributed by atoms with Gasteiger partial charge in [-0.15, -0.1) is 0 Å². The minimum atomic E-state index is -0.0804. The van der Waals surface area contributed by atoms with E-state index in [1.807, 2.05) is 30.3 Å². The van der Waals surface area contributed by atoms with Gasteiger partial charge in [0.25, 0.3) is 0 Å². The normalized spacial score (nSPS) is 27.1. The molecule has 0 aliphatic carbocycles. The summed E-state index contributed by atoms with van der Waals surface area (Å²) in [5.74, 6) is 0.149. The number of carbonyl (C=O) groups excluding carboxylic acids is 2. The molecule has 0 spiro atoms. The molecule has 6 nitrogen and oxygen atoms in total. The van der Waals surface area contributed by atoms with Crippen molar-refractivity contribution in [2.75, 3.05) is 25.5 Å². The average Bonchev–Trinajstić information content (AvgIpc) is 3.03. The number of para-hydroxylation sites is 1. The Kier molecular flexibility index (Phi) is 5.94. The topological polar surface area (TPSA) is 64.7 Å². The molecule has 2 N–H and O–H groups in total. The molecule has 142 valence electrons. The second-order valence-electron chi connectivity index (χ2n) is 7.65. The van der Waals surface area contributed by atoms with E-state index in [-0.39, 0.29) is 29.9 Å². The van der Waals surface area contributed by atoms with Crippen molar-refractivity contribution < 1.29 is 9.59 Å². The molecular formula is C20H30N4O2. The number of hydrogen-bond donors (Lipinski definition) is 2. The van der Waals surface area contributed by atoms with Crippen LogP contribution >= 0.6 is 0 Å². The molecule has 0 radical (unpaired) electrons. The van der Waals surface area contributed by atoms with Gasteiger partial charge < -0.3 is 10.6 Å². The molecule has 2 heterocycles. The van der Waals surface area contributed by atoms with Crippen molar-refractivity contribution in [1.29, 1.82) is 0 Å². The number of likely N-dealkylation sites (N-methyl/N-ethyl adjacent to an activating group) is 1. The molecule has 2 amide bonds. The third kappa shape index (κ3) is 4.07. The van der Waals surface area contributed by atoms with Crippen molar-refractivity contribution in [2.24, 2.45) is 0 Å². The smallest absolute Gasteiger partial charge is 0.239 e. The molecule has 26 heavy (non-hydrogen) atoms. The molecule has 2 aliphatic rings. The minimum Gasteiger partial charge on any atom is -0.353 e. The van der Waals surface area contributed by atoms with Crippen molar-refractivity contribution in [3.63, 3.8) is 0 Å². The third-order valence-corrected chi connectivity index (χ3v) is 5.71. The predicted octanol–water partition coefficient (Wildman–Crippen LogP) is 1.69. The van der Waals surface area contributed by atoms with E-state index >= 15 is 0 Å². The Morgan fingerprint density at radius 2 is 2.04 bits per heavy atom. The number of carbonyl (C=O) groups is 2. The zero-order valence-electron chi connectivity index (χ0n) is 15.9. The van der Waals surface area contributed by atoms with E-state index in [4.69, 9.17) is 0 Å². The van der Waals surface area contributed by atoms with Crippen LogP contribution in [0.5, 0.6) is 0 Å². The molecule has 0 aromatic heterocycles. The molecule has 2 saturated heterocycles. The number of hydrogen-bond acceptors (Lipinski definition) is 4. The highest BCUT2D eigenvalue weighted by atomic mass is 16.2. The maximum Gasteiger partial charge on any atom is 0.239 e. The summed E-state index contributed by atoms with van der Waals surface area (Å²) in [5.41, 5.74) is 0.823. The van der Waals surface area contributed by atoms with Crippen molar-refractivity contribution >= 4 is 17.5 Å². The number of nitrogens with zero attached hydrogens (tertiary/aromatic N) is 2. The van der Waals surface area contributed by atoms with Gasteiger partial charge in [0.2, 0.25) is 11.8 Å². The van der Waals surface area contributed by atoms with Gasteiger partial charge >= 0.3 is 0 Å². The van der Waals surface area contributed by atoms with Crippen LogP contribution in [0.25, 0.3) is 0 Å². The van der Waals surface area contributed by atoms with Gasteiger partial charge in [0.05, 0.1) is 0 Å². The maximum atomic E-state index is 12.6. The predicted molar refractivity (Wildman–Crippen MR) is 103 cm³/mol. The lowest BCUT2D eigenvalue weighted by molar-refractivity contribution is -0.126. The lowest BCUT2D eigenvalue weighted by Crippen LogP contribution is -2.51. The van der Waals surface area contributed by atoms with Crippen LogP contribution in [0.15, 0.2) is 30.3 Å². The van der Waals surface area contributed by atoms with Gasteiger partial charge in [-0.25, -0.2) is 0 Å². The lowest BCUT2D eigenvalue weighted by Gasteiger charge is -2.34. The number of likely N-dealkylation sites (tertiary alicyclic amines) is 1. The summed E-state index contributed by atoms with van der Waals surface area (Å²) in [5, 5.41) is 6.04. The van der Waals surface area contributed by atoms with E-state index < -0.39 is 0 Å². The Hall–Kier alpha value is -1.92. The number of fused-ring (bicyclic) bond motifs is 1. The van der Waals surface area contributed by atoms with Crippen molar-refractivity contribution in [2.45, 2.75) is 57.3 Å². The lowest BCUT2D eigenvalue weighted by atomic mass is 10.0. The minimum absolute atomic E-state index is 0.0203. The van der Waals surface area contributed by atoms with Crippen molar-refractivity contribution in [3.8, 4) is 0 Å². The van der Waals surface area contributed by atoms with E-state index in [9.17, 15) is 9.59 Å². The number of nitrogens with one attached hydrogen (secondary N) is 2.